The molecule has 88 valence electrons. The molecule has 0 amide bonds. The van der Waals surface area contributed by atoms with Gasteiger partial charge in [0.2, 0.25) is 11.8 Å². The van der Waals surface area contributed by atoms with E-state index in [0.717, 1.165) is 15.1 Å². The van der Waals surface area contributed by atoms with Crippen LogP contribution in [-0.4, -0.2) is 16.1 Å². The highest BCUT2D eigenvalue weighted by Crippen LogP contribution is 2.31. The molecule has 0 aliphatic heterocycles. The van der Waals surface area contributed by atoms with Gasteiger partial charge < -0.3 is 4.74 Å². The maximum atomic E-state index is 5.56. The van der Waals surface area contributed by atoms with Gasteiger partial charge in [-0.25, -0.2) is 10.8 Å². The molecule has 0 spiro atoms. The molecule has 0 aliphatic carbocycles. The number of thiophene rings is 1. The maximum Gasteiger partial charge on any atom is 0.241 e. The average molecular weight is 248 g/mol. The van der Waals surface area contributed by atoms with Gasteiger partial charge in [-0.05, 0) is 19.9 Å². The number of nitrogens with one attached hydrogen (secondary N) is 1. The zero-order chi connectivity index (χ0) is 12.4. The fraction of sp³-hybridized carbons (Fsp3) is 0.273. The van der Waals surface area contributed by atoms with Crippen molar-refractivity contribution in [3.63, 3.8) is 0 Å². The molecule has 0 bridgehead atoms. The molecule has 2 rings (SSSR count). The molecule has 0 saturated heterocycles. The summed E-state index contributed by atoms with van der Waals surface area (Å²) in [5, 5.41) is 0.855. The van der Waals surface area contributed by atoms with Crippen molar-refractivity contribution in [1.82, 2.24) is 9.97 Å². The van der Waals surface area contributed by atoms with Crippen molar-refractivity contribution in [3.8, 4) is 18.2 Å². The van der Waals surface area contributed by atoms with Crippen LogP contribution in [0.15, 0.2) is 6.07 Å². The van der Waals surface area contributed by atoms with Crippen LogP contribution in [0.3, 0.4) is 0 Å². The fourth-order valence-electron chi connectivity index (χ4n) is 1.37. The number of terminal acetylenes is 1. The SMILES string of the molecule is C#CC(C)Oc1nc(NN)nc2sc(C)cc12. The van der Waals surface area contributed by atoms with Gasteiger partial charge in [0.25, 0.3) is 0 Å². The number of nitrogen functional groups attached to an aromatic ring is 1. The number of hydrogen-bond acceptors (Lipinski definition) is 6. The lowest BCUT2D eigenvalue weighted by Crippen LogP contribution is -2.13. The zero-order valence-electron chi connectivity index (χ0n) is 9.52. The van der Waals surface area contributed by atoms with Crippen LogP contribution in [0.4, 0.5) is 5.95 Å². The topological polar surface area (TPSA) is 73.1 Å². The zero-order valence-corrected chi connectivity index (χ0v) is 10.3. The molecule has 0 fully saturated rings. The lowest BCUT2D eigenvalue weighted by Gasteiger charge is -2.09. The molecule has 0 saturated carbocycles. The number of hydrogen-bond donors (Lipinski definition) is 2. The molecule has 0 aliphatic rings. The Kier molecular flexibility index (Phi) is 3.13. The highest BCUT2D eigenvalue weighted by Gasteiger charge is 2.12. The second-order valence-electron chi connectivity index (χ2n) is 3.50. The normalized spacial score (nSPS) is 12.1. The largest absolute Gasteiger partial charge is 0.461 e. The second kappa shape index (κ2) is 4.57. The Morgan fingerprint density at radius 1 is 1.59 bits per heavy atom. The lowest BCUT2D eigenvalue weighted by molar-refractivity contribution is 0.272. The molecule has 2 aromatic rings. The number of hydrazine groups is 1. The number of aromatic nitrogens is 2. The highest BCUT2D eigenvalue weighted by atomic mass is 32.1. The van der Waals surface area contributed by atoms with Crippen LogP contribution in [0.25, 0.3) is 10.2 Å². The minimum absolute atomic E-state index is 0.318. The summed E-state index contributed by atoms with van der Waals surface area (Å²) >= 11 is 1.55. The number of nitrogens with zero attached hydrogens (tertiary/aromatic N) is 2. The first-order chi connectivity index (χ1) is 8.13. The maximum absolute atomic E-state index is 5.56. The Morgan fingerprint density at radius 3 is 3.00 bits per heavy atom. The molecule has 3 N–H and O–H groups in total. The van der Waals surface area contributed by atoms with Crippen LogP contribution in [-0.2, 0) is 0 Å². The van der Waals surface area contributed by atoms with Gasteiger partial charge in [-0.15, -0.1) is 17.8 Å². The summed E-state index contributed by atoms with van der Waals surface area (Å²) in [4.78, 5) is 10.4. The number of anilines is 1. The van der Waals surface area contributed by atoms with Gasteiger partial charge in [0, 0.05) is 4.88 Å². The molecule has 1 unspecified atom stereocenters. The lowest BCUT2D eigenvalue weighted by atomic mass is 10.3. The van der Waals surface area contributed by atoms with E-state index in [1.807, 2.05) is 13.0 Å². The summed E-state index contributed by atoms with van der Waals surface area (Å²) in [7, 11) is 0. The van der Waals surface area contributed by atoms with Gasteiger partial charge in [0.1, 0.15) is 4.83 Å². The van der Waals surface area contributed by atoms with Crippen molar-refractivity contribution in [2.24, 2.45) is 5.84 Å². The van der Waals surface area contributed by atoms with E-state index >= 15 is 0 Å². The van der Waals surface area contributed by atoms with Crippen molar-refractivity contribution >= 4 is 27.5 Å². The van der Waals surface area contributed by atoms with Crippen molar-refractivity contribution in [2.45, 2.75) is 20.0 Å². The quantitative estimate of drug-likeness (QED) is 0.491. The van der Waals surface area contributed by atoms with Crippen molar-refractivity contribution in [3.05, 3.63) is 10.9 Å². The summed E-state index contributed by atoms with van der Waals surface area (Å²) in [6.45, 7) is 3.78. The Labute approximate surface area is 103 Å². The van der Waals surface area contributed by atoms with E-state index in [1.165, 1.54) is 0 Å². The van der Waals surface area contributed by atoms with Crippen LogP contribution in [0, 0.1) is 19.3 Å². The summed E-state index contributed by atoms with van der Waals surface area (Å²) in [5.41, 5.74) is 2.41. The van der Waals surface area contributed by atoms with E-state index < -0.39 is 0 Å². The Balaban J connectivity index is 2.54. The molecular formula is C11H12N4OS. The van der Waals surface area contributed by atoms with Crippen LogP contribution in [0.2, 0.25) is 0 Å². The van der Waals surface area contributed by atoms with Crippen LogP contribution < -0.4 is 16.0 Å². The third-order valence-electron chi connectivity index (χ3n) is 2.13. The first-order valence-electron chi connectivity index (χ1n) is 5.01. The van der Waals surface area contributed by atoms with Crippen LogP contribution >= 0.6 is 11.3 Å². The van der Waals surface area contributed by atoms with Gasteiger partial charge in [0.15, 0.2) is 6.10 Å². The Bertz CT molecular complexity index is 587. The summed E-state index contributed by atoms with van der Waals surface area (Å²) in [6, 6.07) is 1.97. The molecule has 5 nitrogen and oxygen atoms in total. The molecule has 1 atom stereocenters. The van der Waals surface area contributed by atoms with Crippen LogP contribution in [0.1, 0.15) is 11.8 Å². The molecule has 0 radical (unpaired) electrons. The fourth-order valence-corrected chi connectivity index (χ4v) is 2.24. The predicted octanol–water partition coefficient (Wildman–Crippen LogP) is 1.69. The minimum atomic E-state index is -0.348. The van der Waals surface area contributed by atoms with E-state index in [1.54, 1.807) is 18.3 Å². The first-order valence-corrected chi connectivity index (χ1v) is 5.83. The number of nitrogens with two attached hydrogens (primary N) is 1. The highest BCUT2D eigenvalue weighted by molar-refractivity contribution is 7.18. The third-order valence-corrected chi connectivity index (χ3v) is 3.08. The van der Waals surface area contributed by atoms with Crippen molar-refractivity contribution in [2.75, 3.05) is 5.43 Å². The number of ether oxygens (including phenoxy) is 1. The van der Waals surface area contributed by atoms with E-state index in [4.69, 9.17) is 17.0 Å². The molecule has 2 aromatic heterocycles. The van der Waals surface area contributed by atoms with Crippen LogP contribution in [0.5, 0.6) is 5.88 Å². The number of aryl methyl sites for hydroxylation is 1. The van der Waals surface area contributed by atoms with E-state index in [9.17, 15) is 0 Å². The smallest absolute Gasteiger partial charge is 0.241 e. The predicted molar refractivity (Wildman–Crippen MR) is 68.9 cm³/mol. The van der Waals surface area contributed by atoms with Gasteiger partial charge in [-0.1, -0.05) is 5.92 Å². The summed E-state index contributed by atoms with van der Waals surface area (Å²) < 4.78 is 5.56. The van der Waals surface area contributed by atoms with Gasteiger partial charge in [-0.2, -0.15) is 4.98 Å². The van der Waals surface area contributed by atoms with Gasteiger partial charge in [0.05, 0.1) is 5.39 Å². The van der Waals surface area contributed by atoms with Gasteiger partial charge >= 0.3 is 0 Å². The first kappa shape index (κ1) is 11.6. The monoisotopic (exact) mass is 248 g/mol. The molecule has 6 heteroatoms. The summed E-state index contributed by atoms with van der Waals surface area (Å²) in [6.07, 6.45) is 4.94. The van der Waals surface area contributed by atoms with E-state index in [-0.39, 0.29) is 6.10 Å². The molecule has 17 heavy (non-hydrogen) atoms. The molecule has 0 aromatic carbocycles. The second-order valence-corrected chi connectivity index (χ2v) is 4.73. The molecular weight excluding hydrogens is 236 g/mol. The average Bonchev–Trinajstić information content (AvgIpc) is 2.69. The number of rotatable bonds is 3. The molecule has 2 heterocycles. The third kappa shape index (κ3) is 2.30. The van der Waals surface area contributed by atoms with Crippen molar-refractivity contribution < 1.29 is 4.74 Å². The summed E-state index contributed by atoms with van der Waals surface area (Å²) in [5.74, 6) is 8.58. The minimum Gasteiger partial charge on any atom is -0.461 e. The van der Waals surface area contributed by atoms with Crippen molar-refractivity contribution in [1.29, 1.82) is 0 Å². The Morgan fingerprint density at radius 2 is 2.35 bits per heavy atom. The Hall–Kier alpha value is -1.84. The number of fused-ring (bicyclic) bond motifs is 1. The standard InChI is InChI=1S/C11H12N4OS/c1-4-6(2)16-9-8-5-7(3)17-10(8)14-11(13-9)15-12/h1,5-6H,12H2,2-3H3,(H,13,14,15). The van der Waals surface area contributed by atoms with E-state index in [0.29, 0.717) is 11.8 Å². The van der Waals surface area contributed by atoms with Gasteiger partial charge in [-0.3, -0.25) is 5.43 Å². The van der Waals surface area contributed by atoms with E-state index in [2.05, 4.69) is 21.3 Å².